The van der Waals surface area contributed by atoms with Crippen molar-refractivity contribution in [3.8, 4) is 0 Å². The third-order valence-corrected chi connectivity index (χ3v) is 2.71. The van der Waals surface area contributed by atoms with Crippen molar-refractivity contribution < 1.29 is 0 Å². The number of benzene rings is 1. The highest BCUT2D eigenvalue weighted by Gasteiger charge is 2.10. The average Bonchev–Trinajstić information content (AvgIpc) is 2.26. The first-order valence-electron chi connectivity index (χ1n) is 5.58. The molecule has 1 aromatic carbocycles. The third-order valence-electron chi connectivity index (χ3n) is 2.71. The van der Waals surface area contributed by atoms with Crippen LogP contribution in [0.1, 0.15) is 45.2 Å². The molecule has 1 heteroatoms. The van der Waals surface area contributed by atoms with Gasteiger partial charge < -0.3 is 5.32 Å². The summed E-state index contributed by atoms with van der Waals surface area (Å²) in [4.78, 5) is 0. The van der Waals surface area contributed by atoms with Crippen LogP contribution >= 0.6 is 0 Å². The Labute approximate surface area is 87.5 Å². The van der Waals surface area contributed by atoms with Crippen LogP contribution in [0.2, 0.25) is 0 Å². The molecule has 1 nitrogen and oxygen atoms in total. The Morgan fingerprint density at radius 1 is 1.07 bits per heavy atom. The third kappa shape index (κ3) is 3.15. The quantitative estimate of drug-likeness (QED) is 0.750. The van der Waals surface area contributed by atoms with Crippen molar-refractivity contribution in [1.29, 1.82) is 0 Å². The molecule has 0 aliphatic heterocycles. The van der Waals surface area contributed by atoms with Gasteiger partial charge in [0, 0.05) is 12.1 Å². The Morgan fingerprint density at radius 2 is 1.71 bits per heavy atom. The fourth-order valence-electron chi connectivity index (χ4n) is 1.60. The zero-order valence-corrected chi connectivity index (χ0v) is 9.46. The molecule has 0 fully saturated rings. The lowest BCUT2D eigenvalue weighted by Crippen LogP contribution is -2.29. The number of hydrogen-bond acceptors (Lipinski definition) is 1. The van der Waals surface area contributed by atoms with Gasteiger partial charge in [-0.25, -0.2) is 0 Å². The Balaban J connectivity index is 2.63. The predicted molar refractivity (Wildman–Crippen MR) is 62.4 cm³/mol. The summed E-state index contributed by atoms with van der Waals surface area (Å²) < 4.78 is 0. The first-order valence-corrected chi connectivity index (χ1v) is 5.58. The van der Waals surface area contributed by atoms with Crippen LogP contribution in [-0.2, 0) is 0 Å². The number of hydrogen-bond donors (Lipinski definition) is 1. The summed E-state index contributed by atoms with van der Waals surface area (Å²) in [5.74, 6) is 0. The van der Waals surface area contributed by atoms with Crippen LogP contribution < -0.4 is 5.32 Å². The second kappa shape index (κ2) is 5.82. The van der Waals surface area contributed by atoms with Crippen molar-refractivity contribution in [2.45, 2.75) is 45.7 Å². The smallest absolute Gasteiger partial charge is 0.0319 e. The normalized spacial score (nSPS) is 15.1. The standard InChI is InChI=1S/C13H21N/c1-4-11(3)14-13(5-2)12-9-7-6-8-10-12/h6-11,13-14H,4-5H2,1-3H3/t11-,13-/m1/s1. The van der Waals surface area contributed by atoms with Gasteiger partial charge >= 0.3 is 0 Å². The van der Waals surface area contributed by atoms with E-state index in [1.54, 1.807) is 0 Å². The first kappa shape index (κ1) is 11.3. The molecule has 0 aromatic heterocycles. The highest BCUT2D eigenvalue weighted by atomic mass is 14.9. The van der Waals surface area contributed by atoms with E-state index >= 15 is 0 Å². The van der Waals surface area contributed by atoms with Crippen LogP contribution in [0.3, 0.4) is 0 Å². The molecule has 1 N–H and O–H groups in total. The molecule has 0 bridgehead atoms. The molecule has 1 aromatic rings. The first-order chi connectivity index (χ1) is 6.77. The van der Waals surface area contributed by atoms with Crippen molar-refractivity contribution in [3.05, 3.63) is 35.9 Å². The van der Waals surface area contributed by atoms with Gasteiger partial charge in [-0.3, -0.25) is 0 Å². The van der Waals surface area contributed by atoms with E-state index in [1.165, 1.54) is 12.0 Å². The molecule has 0 aliphatic carbocycles. The minimum absolute atomic E-state index is 0.506. The van der Waals surface area contributed by atoms with E-state index in [1.807, 2.05) is 0 Å². The molecule has 2 atom stereocenters. The summed E-state index contributed by atoms with van der Waals surface area (Å²) in [6, 6.07) is 11.8. The maximum absolute atomic E-state index is 3.63. The molecule has 14 heavy (non-hydrogen) atoms. The van der Waals surface area contributed by atoms with Crippen molar-refractivity contribution >= 4 is 0 Å². The van der Waals surface area contributed by atoms with Crippen molar-refractivity contribution in [2.75, 3.05) is 0 Å². The average molecular weight is 191 g/mol. The van der Waals surface area contributed by atoms with Gasteiger partial charge in [0.1, 0.15) is 0 Å². The molecule has 0 amide bonds. The van der Waals surface area contributed by atoms with E-state index in [0.717, 1.165) is 6.42 Å². The summed E-state index contributed by atoms with van der Waals surface area (Å²) in [7, 11) is 0. The van der Waals surface area contributed by atoms with Gasteiger partial charge in [-0.1, -0.05) is 44.2 Å². The van der Waals surface area contributed by atoms with Crippen LogP contribution in [0.25, 0.3) is 0 Å². The van der Waals surface area contributed by atoms with Gasteiger partial charge in [-0.15, -0.1) is 0 Å². The second-order valence-electron chi connectivity index (χ2n) is 3.85. The monoisotopic (exact) mass is 191 g/mol. The Bertz CT molecular complexity index is 243. The molecule has 0 radical (unpaired) electrons. The Hall–Kier alpha value is -0.820. The SMILES string of the molecule is CC[C@@H](C)N[C@H](CC)c1ccccc1. The summed E-state index contributed by atoms with van der Waals surface area (Å²) in [6.45, 7) is 6.69. The van der Waals surface area contributed by atoms with E-state index in [-0.39, 0.29) is 0 Å². The molecule has 0 heterocycles. The van der Waals surface area contributed by atoms with Gasteiger partial charge in [0.2, 0.25) is 0 Å². The van der Waals surface area contributed by atoms with E-state index < -0.39 is 0 Å². The van der Waals surface area contributed by atoms with Gasteiger partial charge in [-0.05, 0) is 25.3 Å². The van der Waals surface area contributed by atoms with Crippen LogP contribution in [0.4, 0.5) is 0 Å². The zero-order valence-electron chi connectivity index (χ0n) is 9.46. The molecule has 0 saturated carbocycles. The van der Waals surface area contributed by atoms with Gasteiger partial charge in [0.25, 0.3) is 0 Å². The van der Waals surface area contributed by atoms with Crippen LogP contribution in [0, 0.1) is 0 Å². The Morgan fingerprint density at radius 3 is 2.21 bits per heavy atom. The fraction of sp³-hybridized carbons (Fsp3) is 0.538. The highest BCUT2D eigenvalue weighted by Crippen LogP contribution is 2.16. The zero-order chi connectivity index (χ0) is 10.4. The van der Waals surface area contributed by atoms with E-state index in [0.29, 0.717) is 12.1 Å². The highest BCUT2D eigenvalue weighted by molar-refractivity contribution is 5.18. The maximum Gasteiger partial charge on any atom is 0.0319 e. The Kier molecular flexibility index (Phi) is 4.68. The fourth-order valence-corrected chi connectivity index (χ4v) is 1.60. The molecule has 0 saturated heterocycles. The number of rotatable bonds is 5. The minimum atomic E-state index is 0.506. The van der Waals surface area contributed by atoms with Gasteiger partial charge in [0.05, 0.1) is 0 Å². The minimum Gasteiger partial charge on any atom is -0.307 e. The lowest BCUT2D eigenvalue weighted by atomic mass is 10.0. The van der Waals surface area contributed by atoms with Crippen molar-refractivity contribution in [2.24, 2.45) is 0 Å². The molecule has 0 unspecified atom stereocenters. The van der Waals surface area contributed by atoms with E-state index in [2.05, 4.69) is 56.4 Å². The lowest BCUT2D eigenvalue weighted by Gasteiger charge is -2.21. The van der Waals surface area contributed by atoms with Crippen LogP contribution in [0.5, 0.6) is 0 Å². The van der Waals surface area contributed by atoms with Crippen molar-refractivity contribution in [1.82, 2.24) is 5.32 Å². The van der Waals surface area contributed by atoms with E-state index in [4.69, 9.17) is 0 Å². The van der Waals surface area contributed by atoms with E-state index in [9.17, 15) is 0 Å². The summed E-state index contributed by atoms with van der Waals surface area (Å²) in [6.07, 6.45) is 2.33. The molecular weight excluding hydrogens is 170 g/mol. The maximum atomic E-state index is 3.63. The number of nitrogens with one attached hydrogen (secondary N) is 1. The predicted octanol–water partition coefficient (Wildman–Crippen LogP) is 3.53. The topological polar surface area (TPSA) is 12.0 Å². The lowest BCUT2D eigenvalue weighted by molar-refractivity contribution is 0.437. The molecular formula is C13H21N. The van der Waals surface area contributed by atoms with Crippen LogP contribution in [-0.4, -0.2) is 6.04 Å². The molecule has 1 rings (SSSR count). The summed E-state index contributed by atoms with van der Waals surface area (Å²) >= 11 is 0. The molecule has 0 aliphatic rings. The largest absolute Gasteiger partial charge is 0.307 e. The summed E-state index contributed by atoms with van der Waals surface area (Å²) in [5, 5.41) is 3.63. The van der Waals surface area contributed by atoms with Gasteiger partial charge in [0.15, 0.2) is 0 Å². The summed E-state index contributed by atoms with van der Waals surface area (Å²) in [5.41, 5.74) is 1.40. The van der Waals surface area contributed by atoms with Crippen molar-refractivity contribution in [3.63, 3.8) is 0 Å². The van der Waals surface area contributed by atoms with Crippen LogP contribution in [0.15, 0.2) is 30.3 Å². The second-order valence-corrected chi connectivity index (χ2v) is 3.85. The molecule has 0 spiro atoms. The van der Waals surface area contributed by atoms with Gasteiger partial charge in [-0.2, -0.15) is 0 Å². The molecule has 78 valence electrons.